The predicted octanol–water partition coefficient (Wildman–Crippen LogP) is 2.50. The molecular formula is C21H21N11O2. The second-order valence-electron chi connectivity index (χ2n) is 7.25. The standard InChI is InChI=1S/C21H21N11O2/c1-12-27-29-30-31(12)14-6-13(7-16(8-14)34-3)25-20-9-17(21-24-11-18(22)32(21)28-20)26-19-5-4-15(33-2)10-23-19/h4-11H,22H2,1-3H3,(H,23,26)(H,25,28). The van der Waals surface area contributed by atoms with Crippen molar-refractivity contribution in [1.29, 1.82) is 0 Å². The SMILES string of the molecule is COc1ccc(Nc2cc(Nc3cc(OC)cc(-n4nnnc4C)c3)nn3c(N)cnc23)nc1. The molecule has 0 amide bonds. The Morgan fingerprint density at radius 3 is 2.47 bits per heavy atom. The van der Waals surface area contributed by atoms with E-state index < -0.39 is 0 Å². The molecule has 4 heterocycles. The van der Waals surface area contributed by atoms with Gasteiger partial charge in [0.1, 0.15) is 23.1 Å². The fourth-order valence-corrected chi connectivity index (χ4v) is 3.37. The summed E-state index contributed by atoms with van der Waals surface area (Å²) in [5.41, 5.74) is 8.75. The molecule has 0 aliphatic carbocycles. The molecule has 172 valence electrons. The molecule has 13 nitrogen and oxygen atoms in total. The Labute approximate surface area is 193 Å². The number of benzene rings is 1. The van der Waals surface area contributed by atoms with Crippen molar-refractivity contribution in [2.45, 2.75) is 6.92 Å². The summed E-state index contributed by atoms with van der Waals surface area (Å²) in [4.78, 5) is 8.73. The molecule has 5 rings (SSSR count). The molecule has 34 heavy (non-hydrogen) atoms. The molecule has 4 aromatic heterocycles. The minimum absolute atomic E-state index is 0.389. The lowest BCUT2D eigenvalue weighted by Crippen LogP contribution is -2.06. The van der Waals surface area contributed by atoms with E-state index in [2.05, 4.69) is 41.2 Å². The Balaban J connectivity index is 1.53. The first-order chi connectivity index (χ1) is 16.5. The van der Waals surface area contributed by atoms with Crippen LogP contribution in [0.15, 0.2) is 48.8 Å². The van der Waals surface area contributed by atoms with Crippen LogP contribution in [-0.4, -0.2) is 54.0 Å². The number of methoxy groups -OCH3 is 2. The van der Waals surface area contributed by atoms with E-state index in [1.807, 2.05) is 37.3 Å². The Morgan fingerprint density at radius 2 is 1.76 bits per heavy atom. The summed E-state index contributed by atoms with van der Waals surface area (Å²) in [6.45, 7) is 1.81. The third kappa shape index (κ3) is 3.97. The van der Waals surface area contributed by atoms with Gasteiger partial charge in [-0.2, -0.15) is 9.20 Å². The highest BCUT2D eigenvalue weighted by molar-refractivity contribution is 5.77. The van der Waals surface area contributed by atoms with Gasteiger partial charge < -0.3 is 25.8 Å². The Morgan fingerprint density at radius 1 is 0.912 bits per heavy atom. The molecule has 1 aromatic carbocycles. The maximum atomic E-state index is 6.09. The second-order valence-corrected chi connectivity index (χ2v) is 7.25. The van der Waals surface area contributed by atoms with Gasteiger partial charge in [-0.3, -0.25) is 0 Å². The first-order valence-electron chi connectivity index (χ1n) is 10.2. The van der Waals surface area contributed by atoms with Crippen LogP contribution in [0, 0.1) is 6.92 Å². The molecule has 0 atom stereocenters. The van der Waals surface area contributed by atoms with Gasteiger partial charge in [0, 0.05) is 23.9 Å². The van der Waals surface area contributed by atoms with Crippen molar-refractivity contribution >= 4 is 34.5 Å². The molecule has 0 spiro atoms. The second kappa shape index (κ2) is 8.54. The van der Waals surface area contributed by atoms with E-state index in [1.165, 1.54) is 0 Å². The molecule has 0 unspecified atom stereocenters. The molecule has 0 bridgehead atoms. The van der Waals surface area contributed by atoms with E-state index in [-0.39, 0.29) is 0 Å². The number of imidazole rings is 1. The van der Waals surface area contributed by atoms with E-state index in [4.69, 9.17) is 15.2 Å². The number of pyridine rings is 1. The molecule has 0 saturated heterocycles. The lowest BCUT2D eigenvalue weighted by Gasteiger charge is -2.13. The average Bonchev–Trinajstić information content (AvgIpc) is 3.45. The number of ether oxygens (including phenoxy) is 2. The van der Waals surface area contributed by atoms with Gasteiger partial charge in [-0.05, 0) is 35.5 Å². The fourth-order valence-electron chi connectivity index (χ4n) is 3.37. The highest BCUT2D eigenvalue weighted by Gasteiger charge is 2.13. The van der Waals surface area contributed by atoms with Gasteiger partial charge in [0.05, 0.1) is 38.0 Å². The van der Waals surface area contributed by atoms with Gasteiger partial charge in [-0.15, -0.1) is 10.2 Å². The molecular weight excluding hydrogens is 438 g/mol. The number of nitrogen functional groups attached to an aromatic ring is 1. The number of nitrogens with two attached hydrogens (primary N) is 1. The van der Waals surface area contributed by atoms with E-state index in [0.717, 1.165) is 5.69 Å². The van der Waals surface area contributed by atoms with Gasteiger partial charge in [-0.25, -0.2) is 9.97 Å². The summed E-state index contributed by atoms with van der Waals surface area (Å²) < 4.78 is 13.8. The number of nitrogens with zero attached hydrogens (tertiary/aromatic N) is 8. The van der Waals surface area contributed by atoms with Crippen LogP contribution in [0.3, 0.4) is 0 Å². The van der Waals surface area contributed by atoms with Crippen LogP contribution in [0.25, 0.3) is 11.3 Å². The highest BCUT2D eigenvalue weighted by atomic mass is 16.5. The van der Waals surface area contributed by atoms with E-state index >= 15 is 0 Å². The molecule has 0 aliphatic rings. The molecule has 0 aliphatic heterocycles. The lowest BCUT2D eigenvalue weighted by molar-refractivity contribution is 0.413. The van der Waals surface area contributed by atoms with Gasteiger partial charge in [0.25, 0.3) is 0 Å². The van der Waals surface area contributed by atoms with Crippen molar-refractivity contribution in [2.24, 2.45) is 0 Å². The normalized spacial score (nSPS) is 10.9. The van der Waals surface area contributed by atoms with Crippen LogP contribution in [0.5, 0.6) is 11.5 Å². The molecule has 5 aromatic rings. The number of anilines is 5. The van der Waals surface area contributed by atoms with E-state index in [9.17, 15) is 0 Å². The van der Waals surface area contributed by atoms with Gasteiger partial charge >= 0.3 is 0 Å². The van der Waals surface area contributed by atoms with Crippen LogP contribution in [0.1, 0.15) is 5.82 Å². The number of tetrazole rings is 1. The summed E-state index contributed by atoms with van der Waals surface area (Å²) in [5.74, 6) is 3.44. The zero-order chi connectivity index (χ0) is 23.7. The number of fused-ring (bicyclic) bond motifs is 1. The molecule has 13 heteroatoms. The van der Waals surface area contributed by atoms with Crippen LogP contribution >= 0.6 is 0 Å². The van der Waals surface area contributed by atoms with Crippen molar-refractivity contribution in [3.63, 3.8) is 0 Å². The van der Waals surface area contributed by atoms with Crippen LogP contribution in [0.4, 0.5) is 28.8 Å². The zero-order valence-corrected chi connectivity index (χ0v) is 18.6. The number of hydrogen-bond donors (Lipinski definition) is 3. The third-order valence-corrected chi connectivity index (χ3v) is 5.00. The van der Waals surface area contributed by atoms with Crippen molar-refractivity contribution in [3.8, 4) is 17.2 Å². The number of nitrogens with one attached hydrogen (secondary N) is 2. The largest absolute Gasteiger partial charge is 0.497 e. The van der Waals surface area contributed by atoms with Gasteiger partial charge in [-0.1, -0.05) is 0 Å². The summed E-state index contributed by atoms with van der Waals surface area (Å²) >= 11 is 0. The minimum Gasteiger partial charge on any atom is -0.497 e. The number of aromatic nitrogens is 8. The van der Waals surface area contributed by atoms with Crippen molar-refractivity contribution in [3.05, 3.63) is 54.6 Å². The Bertz CT molecular complexity index is 1460. The van der Waals surface area contributed by atoms with Crippen LogP contribution in [0.2, 0.25) is 0 Å². The smallest absolute Gasteiger partial charge is 0.179 e. The molecule has 4 N–H and O–H groups in total. The molecule has 0 radical (unpaired) electrons. The first kappa shape index (κ1) is 20.9. The number of hydrogen-bond acceptors (Lipinski definition) is 11. The monoisotopic (exact) mass is 459 g/mol. The Kier molecular flexibility index (Phi) is 5.26. The third-order valence-electron chi connectivity index (χ3n) is 5.00. The topological polar surface area (TPSA) is 155 Å². The van der Waals surface area contributed by atoms with Crippen LogP contribution < -0.4 is 25.8 Å². The van der Waals surface area contributed by atoms with Crippen molar-refractivity contribution in [2.75, 3.05) is 30.6 Å². The summed E-state index contributed by atoms with van der Waals surface area (Å²) in [6.07, 6.45) is 3.17. The summed E-state index contributed by atoms with van der Waals surface area (Å²) in [5, 5.41) is 22.8. The maximum absolute atomic E-state index is 6.09. The van der Waals surface area contributed by atoms with Crippen molar-refractivity contribution in [1.82, 2.24) is 39.8 Å². The van der Waals surface area contributed by atoms with Crippen molar-refractivity contribution < 1.29 is 9.47 Å². The quantitative estimate of drug-likeness (QED) is 0.329. The molecule has 0 fully saturated rings. The predicted molar refractivity (Wildman–Crippen MR) is 125 cm³/mol. The highest BCUT2D eigenvalue weighted by Crippen LogP contribution is 2.29. The Hall–Kier alpha value is -4.94. The fraction of sp³-hybridized carbons (Fsp3) is 0.143. The lowest BCUT2D eigenvalue weighted by atomic mass is 10.2. The number of rotatable bonds is 7. The summed E-state index contributed by atoms with van der Waals surface area (Å²) in [6, 6.07) is 11.0. The molecule has 0 saturated carbocycles. The minimum atomic E-state index is 0.389. The number of aryl methyl sites for hydroxylation is 1. The maximum Gasteiger partial charge on any atom is 0.179 e. The average molecular weight is 459 g/mol. The summed E-state index contributed by atoms with van der Waals surface area (Å²) in [7, 11) is 3.18. The van der Waals surface area contributed by atoms with Crippen LogP contribution in [-0.2, 0) is 0 Å². The first-order valence-corrected chi connectivity index (χ1v) is 10.2. The van der Waals surface area contributed by atoms with Gasteiger partial charge in [0.2, 0.25) is 0 Å². The van der Waals surface area contributed by atoms with E-state index in [1.54, 1.807) is 41.9 Å². The van der Waals surface area contributed by atoms with Gasteiger partial charge in [0.15, 0.2) is 17.3 Å². The van der Waals surface area contributed by atoms with E-state index in [0.29, 0.717) is 51.8 Å². The zero-order valence-electron chi connectivity index (χ0n) is 18.6.